The number of hydrogen-bond donors (Lipinski definition) is 1. The molecule has 2 aromatic heterocycles. The highest BCUT2D eigenvalue weighted by molar-refractivity contribution is 6.03. The molecule has 0 aliphatic rings. The van der Waals surface area contributed by atoms with Gasteiger partial charge in [0.1, 0.15) is 12.3 Å². The number of alkyl halides is 2. The van der Waals surface area contributed by atoms with E-state index >= 15 is 0 Å². The number of amides is 1. The molecule has 0 saturated carbocycles. The predicted octanol–water partition coefficient (Wildman–Crippen LogP) is 1.87. The van der Waals surface area contributed by atoms with Crippen LogP contribution in [-0.2, 0) is 0 Å². The molecule has 0 spiro atoms. The molecule has 0 saturated heterocycles. The number of carbonyl (C=O) groups excluding carboxylic acids is 1. The van der Waals surface area contributed by atoms with E-state index in [-0.39, 0.29) is 5.69 Å². The number of rotatable bonds is 7. The maximum absolute atomic E-state index is 12.7. The van der Waals surface area contributed by atoms with Gasteiger partial charge in [-0.25, -0.2) is 4.98 Å². The van der Waals surface area contributed by atoms with E-state index in [1.165, 1.54) is 18.3 Å². The number of aromatic nitrogens is 3. The van der Waals surface area contributed by atoms with Gasteiger partial charge < -0.3 is 15.0 Å². The number of nitrogens with zero attached hydrogens (tertiary/aromatic N) is 4. The van der Waals surface area contributed by atoms with Gasteiger partial charge in [-0.1, -0.05) is 0 Å². The molecule has 0 unspecified atom stereocenters. The van der Waals surface area contributed by atoms with Crippen molar-refractivity contribution in [3.8, 4) is 5.88 Å². The highest BCUT2D eigenvalue weighted by Gasteiger charge is 2.18. The van der Waals surface area contributed by atoms with Crippen LogP contribution >= 0.6 is 0 Å². The van der Waals surface area contributed by atoms with E-state index in [0.717, 1.165) is 6.20 Å². The van der Waals surface area contributed by atoms with Crippen LogP contribution in [-0.4, -0.2) is 52.8 Å². The number of anilines is 1. The first-order valence-corrected chi connectivity index (χ1v) is 6.84. The van der Waals surface area contributed by atoms with Crippen LogP contribution < -0.4 is 10.1 Å². The fraction of sp³-hybridized carbons (Fsp3) is 0.357. The molecule has 0 radical (unpaired) electrons. The first kappa shape index (κ1) is 16.8. The van der Waals surface area contributed by atoms with Crippen LogP contribution in [0.1, 0.15) is 17.0 Å². The van der Waals surface area contributed by atoms with Crippen molar-refractivity contribution in [3.05, 3.63) is 36.3 Å². The van der Waals surface area contributed by atoms with E-state index in [1.807, 2.05) is 19.0 Å². The molecule has 0 fully saturated rings. The monoisotopic (exact) mass is 325 g/mol. The van der Waals surface area contributed by atoms with Gasteiger partial charge in [-0.3, -0.25) is 4.79 Å². The fourth-order valence-electron chi connectivity index (χ4n) is 1.74. The number of pyridine rings is 1. The summed E-state index contributed by atoms with van der Waals surface area (Å²) in [7, 11) is 3.83. The summed E-state index contributed by atoms with van der Waals surface area (Å²) in [5, 5.41) is 5.93. The van der Waals surface area contributed by atoms with Gasteiger partial charge in [0.25, 0.3) is 5.91 Å². The third kappa shape index (κ3) is 4.71. The van der Waals surface area contributed by atoms with Crippen molar-refractivity contribution in [1.82, 2.24) is 19.7 Å². The third-order valence-corrected chi connectivity index (χ3v) is 2.87. The number of ether oxygens (including phenoxy) is 1. The molecule has 0 aliphatic heterocycles. The molecule has 2 rings (SSSR count). The van der Waals surface area contributed by atoms with E-state index < -0.39 is 12.5 Å². The molecular weight excluding hydrogens is 308 g/mol. The Hall–Kier alpha value is -2.55. The molecule has 7 nitrogen and oxygen atoms in total. The summed E-state index contributed by atoms with van der Waals surface area (Å²) in [5.74, 6) is -0.347. The molecule has 9 heteroatoms. The average molecular weight is 325 g/mol. The van der Waals surface area contributed by atoms with E-state index in [2.05, 4.69) is 15.4 Å². The third-order valence-electron chi connectivity index (χ3n) is 2.87. The SMILES string of the molecule is CN(C)CCOc1cc(NC(=O)c2ccnn2C(F)F)ccn1. The van der Waals surface area contributed by atoms with Crippen LogP contribution in [0.15, 0.2) is 30.6 Å². The van der Waals surface area contributed by atoms with Crippen LogP contribution in [0.3, 0.4) is 0 Å². The molecule has 0 aromatic carbocycles. The summed E-state index contributed by atoms with van der Waals surface area (Å²) < 4.78 is 31.2. The number of hydrogen-bond acceptors (Lipinski definition) is 5. The normalized spacial score (nSPS) is 11.0. The van der Waals surface area contributed by atoms with Gasteiger partial charge in [0, 0.05) is 30.7 Å². The van der Waals surface area contributed by atoms with Crippen molar-refractivity contribution < 1.29 is 18.3 Å². The minimum absolute atomic E-state index is 0.230. The fourth-order valence-corrected chi connectivity index (χ4v) is 1.74. The van der Waals surface area contributed by atoms with Crippen molar-refractivity contribution in [1.29, 1.82) is 0 Å². The molecular formula is C14H17F2N5O2. The van der Waals surface area contributed by atoms with Crippen LogP contribution in [0, 0.1) is 0 Å². The standard InChI is InChI=1S/C14H17F2N5O2/c1-20(2)7-8-23-12-9-10(3-5-17-12)19-13(22)11-4-6-18-21(11)14(15)16/h3-6,9,14H,7-8H2,1-2H3,(H,17,19,22). The van der Waals surface area contributed by atoms with Gasteiger partial charge in [-0.2, -0.15) is 18.6 Å². The molecule has 2 heterocycles. The summed E-state index contributed by atoms with van der Waals surface area (Å²) in [6, 6.07) is 4.29. The zero-order valence-corrected chi connectivity index (χ0v) is 12.7. The second kappa shape index (κ2) is 7.63. The van der Waals surface area contributed by atoms with Crippen LogP contribution in [0.25, 0.3) is 0 Å². The molecule has 23 heavy (non-hydrogen) atoms. The summed E-state index contributed by atoms with van der Waals surface area (Å²) in [4.78, 5) is 18.0. The topological polar surface area (TPSA) is 72.3 Å². The van der Waals surface area contributed by atoms with Crippen LogP contribution in [0.5, 0.6) is 5.88 Å². The highest BCUT2D eigenvalue weighted by atomic mass is 19.3. The maximum atomic E-state index is 12.7. The molecule has 2 aromatic rings. The summed E-state index contributed by atoms with van der Waals surface area (Å²) in [6.45, 7) is -1.73. The molecule has 124 valence electrons. The van der Waals surface area contributed by atoms with E-state index in [0.29, 0.717) is 29.4 Å². The first-order chi connectivity index (χ1) is 11.0. The second-order valence-electron chi connectivity index (χ2n) is 4.93. The Morgan fingerprint density at radius 1 is 1.39 bits per heavy atom. The van der Waals surface area contributed by atoms with Gasteiger partial charge in [0.15, 0.2) is 0 Å². The van der Waals surface area contributed by atoms with Crippen molar-refractivity contribution in [2.75, 3.05) is 32.6 Å². The number of likely N-dealkylation sites (N-methyl/N-ethyl adjacent to an activating group) is 1. The van der Waals surface area contributed by atoms with E-state index in [4.69, 9.17) is 4.74 Å². The van der Waals surface area contributed by atoms with Crippen molar-refractivity contribution >= 4 is 11.6 Å². The van der Waals surface area contributed by atoms with Crippen LogP contribution in [0.4, 0.5) is 14.5 Å². The van der Waals surface area contributed by atoms with Gasteiger partial charge in [0.05, 0.1) is 0 Å². The number of carbonyl (C=O) groups is 1. The Morgan fingerprint density at radius 2 is 2.17 bits per heavy atom. The minimum atomic E-state index is -2.88. The lowest BCUT2D eigenvalue weighted by Crippen LogP contribution is -2.20. The molecule has 0 bridgehead atoms. The summed E-state index contributed by atoms with van der Waals surface area (Å²) >= 11 is 0. The van der Waals surface area contributed by atoms with E-state index in [1.54, 1.807) is 6.07 Å². The minimum Gasteiger partial charge on any atom is -0.476 e. The summed E-state index contributed by atoms with van der Waals surface area (Å²) in [5.41, 5.74) is 0.166. The van der Waals surface area contributed by atoms with Gasteiger partial charge in [-0.15, -0.1) is 0 Å². The van der Waals surface area contributed by atoms with Crippen molar-refractivity contribution in [2.45, 2.75) is 6.55 Å². The van der Waals surface area contributed by atoms with Gasteiger partial charge >= 0.3 is 6.55 Å². The molecule has 1 amide bonds. The highest BCUT2D eigenvalue weighted by Crippen LogP contribution is 2.17. The molecule has 0 aliphatic carbocycles. The quantitative estimate of drug-likeness (QED) is 0.841. The largest absolute Gasteiger partial charge is 0.476 e. The molecule has 0 atom stereocenters. The summed E-state index contributed by atoms with van der Waals surface area (Å²) in [6.07, 6.45) is 2.61. The Bertz CT molecular complexity index is 660. The zero-order chi connectivity index (χ0) is 16.8. The predicted molar refractivity (Wildman–Crippen MR) is 79.7 cm³/mol. The Labute approximate surface area is 131 Å². The second-order valence-corrected chi connectivity index (χ2v) is 4.93. The lowest BCUT2D eigenvalue weighted by atomic mass is 10.3. The Morgan fingerprint density at radius 3 is 2.87 bits per heavy atom. The van der Waals surface area contributed by atoms with Gasteiger partial charge in [0.2, 0.25) is 5.88 Å². The van der Waals surface area contributed by atoms with Crippen molar-refractivity contribution in [2.24, 2.45) is 0 Å². The average Bonchev–Trinajstić information content (AvgIpc) is 2.97. The first-order valence-electron chi connectivity index (χ1n) is 6.84. The smallest absolute Gasteiger partial charge is 0.333 e. The van der Waals surface area contributed by atoms with E-state index in [9.17, 15) is 13.6 Å². The molecule has 1 N–H and O–H groups in total. The Balaban J connectivity index is 2.02. The lowest BCUT2D eigenvalue weighted by Gasteiger charge is -2.11. The van der Waals surface area contributed by atoms with Crippen molar-refractivity contribution in [3.63, 3.8) is 0 Å². The van der Waals surface area contributed by atoms with Crippen LogP contribution in [0.2, 0.25) is 0 Å². The zero-order valence-electron chi connectivity index (χ0n) is 12.7. The number of halogens is 2. The maximum Gasteiger partial charge on any atom is 0.333 e. The van der Waals surface area contributed by atoms with Gasteiger partial charge in [-0.05, 0) is 26.2 Å². The number of nitrogens with one attached hydrogen (secondary N) is 1. The lowest BCUT2D eigenvalue weighted by molar-refractivity contribution is 0.0520. The Kier molecular flexibility index (Phi) is 5.58.